The number of nitrogens with one attached hydrogen (secondary N) is 1. The first-order valence-electron chi connectivity index (χ1n) is 4.77. The van der Waals surface area contributed by atoms with Gasteiger partial charge >= 0.3 is 0 Å². The minimum Gasteiger partial charge on any atom is -0.469 e. The Hall–Kier alpha value is -1.62. The molecular formula is C10H13N3O2. The topological polar surface area (TPSA) is 64.1 Å². The van der Waals surface area contributed by atoms with Crippen molar-refractivity contribution in [3.05, 3.63) is 24.0 Å². The largest absolute Gasteiger partial charge is 0.469 e. The summed E-state index contributed by atoms with van der Waals surface area (Å²) >= 11 is 0. The first-order valence-corrected chi connectivity index (χ1v) is 4.77. The van der Waals surface area contributed by atoms with Crippen molar-refractivity contribution in [2.24, 2.45) is 0 Å². The Morgan fingerprint density at radius 2 is 2.20 bits per heavy atom. The molecular weight excluding hydrogens is 194 g/mol. The number of hydrogen-bond acceptors (Lipinski definition) is 5. The lowest BCUT2D eigenvalue weighted by atomic mass is 10.3. The predicted octanol–water partition coefficient (Wildman–Crippen LogP) is 1.92. The summed E-state index contributed by atoms with van der Waals surface area (Å²) < 4.78 is 10.7. The number of rotatable bonds is 3. The van der Waals surface area contributed by atoms with Crippen LogP contribution in [0.3, 0.4) is 0 Å². The molecule has 5 heteroatoms. The smallest absolute Gasteiger partial charge is 0.251 e. The highest BCUT2D eigenvalue weighted by atomic mass is 16.4. The summed E-state index contributed by atoms with van der Waals surface area (Å²) in [5.41, 5.74) is 0.844. The second-order valence-corrected chi connectivity index (χ2v) is 3.35. The summed E-state index contributed by atoms with van der Waals surface area (Å²) in [6, 6.07) is 1.87. The Balaban J connectivity index is 2.32. The van der Waals surface area contributed by atoms with Crippen LogP contribution in [0.1, 0.15) is 24.6 Å². The van der Waals surface area contributed by atoms with Gasteiger partial charge in [0, 0.05) is 0 Å². The molecule has 0 aliphatic rings. The lowest BCUT2D eigenvalue weighted by Crippen LogP contribution is -2.12. The molecule has 1 unspecified atom stereocenters. The maximum Gasteiger partial charge on any atom is 0.251 e. The van der Waals surface area contributed by atoms with E-state index < -0.39 is 0 Å². The van der Waals surface area contributed by atoms with Crippen LogP contribution in [0, 0.1) is 6.92 Å². The van der Waals surface area contributed by atoms with Gasteiger partial charge in [0.25, 0.3) is 5.89 Å². The van der Waals surface area contributed by atoms with Gasteiger partial charge in [0.2, 0.25) is 5.89 Å². The van der Waals surface area contributed by atoms with Gasteiger partial charge < -0.3 is 14.2 Å². The first kappa shape index (κ1) is 9.92. The van der Waals surface area contributed by atoms with Gasteiger partial charge in [-0.05, 0) is 27.0 Å². The van der Waals surface area contributed by atoms with Crippen molar-refractivity contribution in [1.82, 2.24) is 15.5 Å². The first-order chi connectivity index (χ1) is 7.22. The molecule has 0 bridgehead atoms. The van der Waals surface area contributed by atoms with Crippen LogP contribution in [0.4, 0.5) is 0 Å². The van der Waals surface area contributed by atoms with Gasteiger partial charge in [-0.15, -0.1) is 10.2 Å². The van der Waals surface area contributed by atoms with Gasteiger partial charge in [-0.25, -0.2) is 0 Å². The summed E-state index contributed by atoms with van der Waals surface area (Å²) in [7, 11) is 1.84. The molecule has 2 aromatic rings. The van der Waals surface area contributed by atoms with Gasteiger partial charge in [0.1, 0.15) is 5.76 Å². The minimum absolute atomic E-state index is 0.0541. The van der Waals surface area contributed by atoms with Gasteiger partial charge in [0.05, 0.1) is 17.9 Å². The fourth-order valence-corrected chi connectivity index (χ4v) is 1.25. The normalized spacial score (nSPS) is 13.0. The van der Waals surface area contributed by atoms with E-state index >= 15 is 0 Å². The quantitative estimate of drug-likeness (QED) is 0.832. The monoisotopic (exact) mass is 207 g/mol. The van der Waals surface area contributed by atoms with Gasteiger partial charge in [-0.3, -0.25) is 0 Å². The van der Waals surface area contributed by atoms with Crippen molar-refractivity contribution in [2.75, 3.05) is 7.05 Å². The molecule has 0 saturated carbocycles. The van der Waals surface area contributed by atoms with Crippen molar-refractivity contribution in [3.63, 3.8) is 0 Å². The molecule has 1 atom stereocenters. The summed E-state index contributed by atoms with van der Waals surface area (Å²) in [4.78, 5) is 0. The van der Waals surface area contributed by atoms with Crippen LogP contribution >= 0.6 is 0 Å². The number of hydrogen-bond donors (Lipinski definition) is 1. The van der Waals surface area contributed by atoms with Crippen LogP contribution < -0.4 is 5.32 Å². The standard InChI is InChI=1S/C10H13N3O2/c1-6(11-3)9-12-13-10(15-9)8-4-5-14-7(8)2/h4-6,11H,1-3H3. The van der Waals surface area contributed by atoms with E-state index in [-0.39, 0.29) is 6.04 Å². The van der Waals surface area contributed by atoms with Crippen LogP contribution in [0.2, 0.25) is 0 Å². The van der Waals surface area contributed by atoms with E-state index in [4.69, 9.17) is 8.83 Å². The zero-order chi connectivity index (χ0) is 10.8. The van der Waals surface area contributed by atoms with E-state index in [0.29, 0.717) is 11.8 Å². The average Bonchev–Trinajstić information content (AvgIpc) is 2.84. The molecule has 0 spiro atoms. The molecule has 0 radical (unpaired) electrons. The molecule has 1 N–H and O–H groups in total. The average molecular weight is 207 g/mol. The van der Waals surface area contributed by atoms with Gasteiger partial charge in [-0.2, -0.15) is 0 Å². The Bertz CT molecular complexity index is 447. The van der Waals surface area contributed by atoms with E-state index in [2.05, 4.69) is 15.5 Å². The van der Waals surface area contributed by atoms with Crippen LogP contribution in [0.15, 0.2) is 21.2 Å². The molecule has 0 fully saturated rings. The molecule has 2 rings (SSSR count). The lowest BCUT2D eigenvalue weighted by molar-refractivity contribution is 0.440. The predicted molar refractivity (Wildman–Crippen MR) is 54.2 cm³/mol. The number of furan rings is 1. The van der Waals surface area contributed by atoms with Gasteiger partial charge in [0.15, 0.2) is 0 Å². The highest BCUT2D eigenvalue weighted by Crippen LogP contribution is 2.24. The lowest BCUT2D eigenvalue weighted by Gasteiger charge is -2.01. The zero-order valence-corrected chi connectivity index (χ0v) is 8.94. The second kappa shape index (κ2) is 3.86. The molecule has 0 aromatic carbocycles. The summed E-state index contributed by atoms with van der Waals surface area (Å²) in [6.45, 7) is 3.82. The molecule has 2 aromatic heterocycles. The third-order valence-corrected chi connectivity index (χ3v) is 2.33. The van der Waals surface area contributed by atoms with E-state index in [9.17, 15) is 0 Å². The third-order valence-electron chi connectivity index (χ3n) is 2.33. The van der Waals surface area contributed by atoms with E-state index in [1.807, 2.05) is 27.0 Å². The molecule has 0 aliphatic carbocycles. The van der Waals surface area contributed by atoms with Crippen LogP contribution in [0.5, 0.6) is 0 Å². The van der Waals surface area contributed by atoms with Crippen LogP contribution in [-0.2, 0) is 0 Å². The van der Waals surface area contributed by atoms with Crippen molar-refractivity contribution < 1.29 is 8.83 Å². The summed E-state index contributed by atoms with van der Waals surface area (Å²) in [5, 5.41) is 11.0. The maximum absolute atomic E-state index is 5.52. The number of aromatic nitrogens is 2. The molecule has 0 aliphatic heterocycles. The Morgan fingerprint density at radius 1 is 1.40 bits per heavy atom. The maximum atomic E-state index is 5.52. The zero-order valence-electron chi connectivity index (χ0n) is 8.94. The van der Waals surface area contributed by atoms with Crippen molar-refractivity contribution in [1.29, 1.82) is 0 Å². The fraction of sp³-hybridized carbons (Fsp3) is 0.400. The van der Waals surface area contributed by atoms with Crippen molar-refractivity contribution in [3.8, 4) is 11.5 Å². The Kier molecular flexibility index (Phi) is 2.55. The fourth-order valence-electron chi connectivity index (χ4n) is 1.25. The molecule has 80 valence electrons. The van der Waals surface area contributed by atoms with Crippen molar-refractivity contribution in [2.45, 2.75) is 19.9 Å². The van der Waals surface area contributed by atoms with Crippen molar-refractivity contribution >= 4 is 0 Å². The van der Waals surface area contributed by atoms with Crippen LogP contribution in [-0.4, -0.2) is 17.2 Å². The summed E-state index contributed by atoms with van der Waals surface area (Å²) in [6.07, 6.45) is 1.61. The highest BCUT2D eigenvalue weighted by Gasteiger charge is 2.15. The second-order valence-electron chi connectivity index (χ2n) is 3.35. The number of nitrogens with zero attached hydrogens (tertiary/aromatic N) is 2. The molecule has 0 saturated heterocycles. The number of aryl methyl sites for hydroxylation is 1. The molecule has 5 nitrogen and oxygen atoms in total. The van der Waals surface area contributed by atoms with E-state index in [0.717, 1.165) is 11.3 Å². The van der Waals surface area contributed by atoms with Crippen LogP contribution in [0.25, 0.3) is 11.5 Å². The van der Waals surface area contributed by atoms with E-state index in [1.54, 1.807) is 6.26 Å². The Morgan fingerprint density at radius 3 is 2.80 bits per heavy atom. The third kappa shape index (κ3) is 1.78. The van der Waals surface area contributed by atoms with E-state index in [1.165, 1.54) is 0 Å². The summed E-state index contributed by atoms with van der Waals surface area (Å²) in [5.74, 6) is 1.86. The molecule has 2 heterocycles. The Labute approximate surface area is 87.5 Å². The minimum atomic E-state index is 0.0541. The highest BCUT2D eigenvalue weighted by molar-refractivity contribution is 5.54. The van der Waals surface area contributed by atoms with Gasteiger partial charge in [-0.1, -0.05) is 0 Å². The SMILES string of the molecule is CNC(C)c1nnc(-c2ccoc2C)o1. The molecule has 15 heavy (non-hydrogen) atoms. The molecule has 0 amide bonds.